The normalized spacial score (nSPS) is 16.0. The van der Waals surface area contributed by atoms with Gasteiger partial charge in [-0.2, -0.15) is 0 Å². The van der Waals surface area contributed by atoms with Crippen molar-refractivity contribution in [2.45, 2.75) is 19.8 Å². The van der Waals surface area contributed by atoms with Gasteiger partial charge in [-0.1, -0.05) is 25.1 Å². The molecule has 1 heterocycles. The van der Waals surface area contributed by atoms with Crippen molar-refractivity contribution in [3.8, 4) is 0 Å². The Hall–Kier alpha value is -0.750. The van der Waals surface area contributed by atoms with Gasteiger partial charge >= 0.3 is 5.97 Å². The Kier molecular flexibility index (Phi) is 5.49. The molecule has 0 aliphatic carbocycles. The molecule has 0 unspecified atom stereocenters. The molecule has 1 N–H and O–H groups in total. The third-order valence-electron chi connectivity index (χ3n) is 1.97. The van der Waals surface area contributed by atoms with Crippen LogP contribution in [0.1, 0.15) is 19.8 Å². The number of carbonyl (C=O) groups is 1. The van der Waals surface area contributed by atoms with E-state index in [2.05, 4.69) is 22.1 Å². The fourth-order valence-electron chi connectivity index (χ4n) is 1.10. The molecular formula is C9H17N3O2S. The highest BCUT2D eigenvalue weighted by Crippen LogP contribution is 2.08. The minimum atomic E-state index is -0.225. The number of ether oxygens (including phenoxy) is 1. The maximum atomic E-state index is 10.9. The largest absolute Gasteiger partial charge is 0.468 e. The summed E-state index contributed by atoms with van der Waals surface area (Å²) in [5.74, 6) is 0.0840. The van der Waals surface area contributed by atoms with E-state index in [0.717, 1.165) is 18.1 Å². The van der Waals surface area contributed by atoms with Gasteiger partial charge in [0.1, 0.15) is 6.67 Å². The summed E-state index contributed by atoms with van der Waals surface area (Å²) in [6.45, 7) is 3.82. The fraction of sp³-hybridized carbons (Fsp3) is 0.778. The molecule has 86 valence electrons. The van der Waals surface area contributed by atoms with Gasteiger partial charge in [-0.25, -0.2) is 10.0 Å². The Morgan fingerprint density at radius 3 is 3.20 bits per heavy atom. The van der Waals surface area contributed by atoms with Crippen LogP contribution in [0.3, 0.4) is 0 Å². The number of aliphatic imine (C=N–C) groups is 1. The quantitative estimate of drug-likeness (QED) is 0.710. The molecule has 0 amide bonds. The molecule has 0 radical (unpaired) electrons. The molecule has 0 atom stereocenters. The summed E-state index contributed by atoms with van der Waals surface area (Å²) in [7, 11) is 1.39. The molecule has 1 rings (SSSR count). The van der Waals surface area contributed by atoms with Crippen LogP contribution in [0, 0.1) is 0 Å². The summed E-state index contributed by atoms with van der Waals surface area (Å²) in [5.41, 5.74) is 3.14. The van der Waals surface area contributed by atoms with Crippen molar-refractivity contribution in [2.24, 2.45) is 4.99 Å². The summed E-state index contributed by atoms with van der Waals surface area (Å²) >= 11 is 1.38. The van der Waals surface area contributed by atoms with Gasteiger partial charge in [-0.15, -0.1) is 0 Å². The summed E-state index contributed by atoms with van der Waals surface area (Å²) in [6.07, 6.45) is 2.32. The van der Waals surface area contributed by atoms with Crippen LogP contribution in [0.25, 0.3) is 0 Å². The molecule has 0 bridgehead atoms. The second kappa shape index (κ2) is 6.68. The van der Waals surface area contributed by atoms with Crippen LogP contribution in [0.5, 0.6) is 0 Å². The standard InChI is InChI=1S/C9H17N3O2S/c1-3-4-5-12-7-10-9(11-12)15-6-8(13)14-2/h3-7H2,1-2H3,(H,10,11). The Bertz CT molecular complexity index is 246. The summed E-state index contributed by atoms with van der Waals surface area (Å²) < 4.78 is 4.55. The van der Waals surface area contributed by atoms with Crippen LogP contribution in [-0.4, -0.2) is 42.2 Å². The van der Waals surface area contributed by atoms with E-state index in [9.17, 15) is 4.79 Å². The van der Waals surface area contributed by atoms with Gasteiger partial charge < -0.3 is 4.74 Å². The minimum absolute atomic E-state index is 0.225. The lowest BCUT2D eigenvalue weighted by molar-refractivity contribution is -0.137. The first-order valence-corrected chi connectivity index (χ1v) is 6.00. The molecule has 0 spiro atoms. The Morgan fingerprint density at radius 2 is 2.53 bits per heavy atom. The van der Waals surface area contributed by atoms with Crippen molar-refractivity contribution in [2.75, 3.05) is 26.1 Å². The van der Waals surface area contributed by atoms with E-state index in [4.69, 9.17) is 0 Å². The first kappa shape index (κ1) is 12.3. The topological polar surface area (TPSA) is 53.9 Å². The van der Waals surface area contributed by atoms with Gasteiger partial charge in [-0.05, 0) is 6.42 Å². The highest BCUT2D eigenvalue weighted by atomic mass is 32.2. The van der Waals surface area contributed by atoms with Crippen molar-refractivity contribution in [3.05, 3.63) is 0 Å². The second-order valence-corrected chi connectivity index (χ2v) is 4.16. The van der Waals surface area contributed by atoms with Crippen molar-refractivity contribution >= 4 is 22.9 Å². The van der Waals surface area contributed by atoms with E-state index in [1.807, 2.05) is 5.01 Å². The third kappa shape index (κ3) is 4.53. The molecule has 0 saturated heterocycles. The Morgan fingerprint density at radius 1 is 1.73 bits per heavy atom. The predicted molar refractivity (Wildman–Crippen MR) is 61.5 cm³/mol. The average molecular weight is 231 g/mol. The molecule has 0 aromatic heterocycles. The zero-order valence-corrected chi connectivity index (χ0v) is 9.97. The van der Waals surface area contributed by atoms with Gasteiger partial charge in [-0.3, -0.25) is 10.2 Å². The molecule has 0 saturated carbocycles. The summed E-state index contributed by atoms with van der Waals surface area (Å²) in [5, 5.41) is 2.85. The lowest BCUT2D eigenvalue weighted by Crippen LogP contribution is -2.35. The number of hydrogen-bond donors (Lipinski definition) is 1. The zero-order chi connectivity index (χ0) is 11.1. The summed E-state index contributed by atoms with van der Waals surface area (Å²) in [4.78, 5) is 15.1. The number of nitrogens with zero attached hydrogens (tertiary/aromatic N) is 2. The molecule has 6 heteroatoms. The number of thioether (sulfide) groups is 1. The van der Waals surface area contributed by atoms with Gasteiger partial charge in [0, 0.05) is 6.54 Å². The van der Waals surface area contributed by atoms with E-state index in [0.29, 0.717) is 12.4 Å². The first-order valence-electron chi connectivity index (χ1n) is 5.02. The molecule has 1 aliphatic heterocycles. The van der Waals surface area contributed by atoms with Crippen LogP contribution in [-0.2, 0) is 9.53 Å². The van der Waals surface area contributed by atoms with Crippen molar-refractivity contribution in [3.63, 3.8) is 0 Å². The molecule has 15 heavy (non-hydrogen) atoms. The number of rotatable bonds is 5. The molecule has 1 aliphatic rings. The molecule has 5 nitrogen and oxygen atoms in total. The smallest absolute Gasteiger partial charge is 0.316 e. The van der Waals surface area contributed by atoms with Gasteiger partial charge in [0.25, 0.3) is 0 Å². The Balaban J connectivity index is 2.15. The number of carbonyl (C=O) groups excluding carboxylic acids is 1. The number of nitrogens with one attached hydrogen (secondary N) is 1. The number of methoxy groups -OCH3 is 1. The van der Waals surface area contributed by atoms with Crippen LogP contribution in [0.2, 0.25) is 0 Å². The Labute approximate surface area is 94.2 Å². The molecule has 0 aromatic carbocycles. The molecule has 0 aromatic rings. The third-order valence-corrected chi connectivity index (χ3v) is 2.85. The number of hydrazine groups is 1. The number of esters is 1. The highest BCUT2D eigenvalue weighted by molar-refractivity contribution is 8.14. The number of hydrogen-bond acceptors (Lipinski definition) is 6. The van der Waals surface area contributed by atoms with E-state index in [1.165, 1.54) is 25.3 Å². The van der Waals surface area contributed by atoms with E-state index >= 15 is 0 Å². The highest BCUT2D eigenvalue weighted by Gasteiger charge is 2.15. The van der Waals surface area contributed by atoms with Crippen LogP contribution >= 0.6 is 11.8 Å². The SMILES string of the molecule is CCCCN1CN=C(SCC(=O)OC)N1. The maximum Gasteiger partial charge on any atom is 0.316 e. The summed E-state index contributed by atoms with van der Waals surface area (Å²) in [6, 6.07) is 0. The number of unbranched alkanes of at least 4 members (excludes halogenated alkanes) is 1. The molecule has 0 fully saturated rings. The monoisotopic (exact) mass is 231 g/mol. The minimum Gasteiger partial charge on any atom is -0.468 e. The maximum absolute atomic E-state index is 10.9. The van der Waals surface area contributed by atoms with E-state index in [-0.39, 0.29) is 5.97 Å². The van der Waals surface area contributed by atoms with Crippen LogP contribution in [0.4, 0.5) is 0 Å². The average Bonchev–Trinajstić information content (AvgIpc) is 2.71. The van der Waals surface area contributed by atoms with Crippen LogP contribution in [0.15, 0.2) is 4.99 Å². The van der Waals surface area contributed by atoms with Crippen LogP contribution < -0.4 is 5.43 Å². The van der Waals surface area contributed by atoms with Gasteiger partial charge in [0.2, 0.25) is 0 Å². The van der Waals surface area contributed by atoms with E-state index < -0.39 is 0 Å². The van der Waals surface area contributed by atoms with Crippen molar-refractivity contribution in [1.29, 1.82) is 0 Å². The fourth-order valence-corrected chi connectivity index (χ4v) is 1.81. The lowest BCUT2D eigenvalue weighted by atomic mass is 10.3. The lowest BCUT2D eigenvalue weighted by Gasteiger charge is -2.14. The predicted octanol–water partition coefficient (Wildman–Crippen LogP) is 0.826. The van der Waals surface area contributed by atoms with E-state index in [1.54, 1.807) is 0 Å². The molecular weight excluding hydrogens is 214 g/mol. The van der Waals surface area contributed by atoms with Crippen molar-refractivity contribution in [1.82, 2.24) is 10.4 Å². The second-order valence-electron chi connectivity index (χ2n) is 3.20. The van der Waals surface area contributed by atoms with Crippen molar-refractivity contribution < 1.29 is 9.53 Å². The zero-order valence-electron chi connectivity index (χ0n) is 9.15. The van der Waals surface area contributed by atoms with Gasteiger partial charge in [0.15, 0.2) is 5.17 Å². The first-order chi connectivity index (χ1) is 7.26. The number of amidine groups is 1. The van der Waals surface area contributed by atoms with Gasteiger partial charge in [0.05, 0.1) is 12.9 Å².